The predicted octanol–water partition coefficient (Wildman–Crippen LogP) is -1.11. The van der Waals surface area contributed by atoms with Crippen LogP contribution in [0.4, 0.5) is 0 Å². The molecule has 0 saturated carbocycles. The molecule has 0 aromatic heterocycles. The quantitative estimate of drug-likeness (QED) is 0.579. The van der Waals surface area contributed by atoms with E-state index in [-0.39, 0.29) is 23.8 Å². The second-order valence-electron chi connectivity index (χ2n) is 2.62. The molecule has 6 heteroatoms. The number of hydrogen-bond donors (Lipinski definition) is 2. The zero-order valence-electron chi connectivity index (χ0n) is 7.75. The predicted molar refractivity (Wildman–Crippen MR) is 51.0 cm³/mol. The zero-order valence-corrected chi connectivity index (χ0v) is 8.56. The summed E-state index contributed by atoms with van der Waals surface area (Å²) in [5.41, 5.74) is 5.15. The van der Waals surface area contributed by atoms with Crippen molar-refractivity contribution >= 4 is 15.7 Å². The average Bonchev–Trinajstić information content (AvgIpc) is 2.11. The third-order valence-corrected chi connectivity index (χ3v) is 3.25. The van der Waals surface area contributed by atoms with Crippen molar-refractivity contribution in [3.63, 3.8) is 0 Å². The van der Waals surface area contributed by atoms with Gasteiger partial charge in [0, 0.05) is 25.3 Å². The van der Waals surface area contributed by atoms with Gasteiger partial charge in [0.25, 0.3) is 0 Å². The molecule has 78 valence electrons. The van der Waals surface area contributed by atoms with Crippen LogP contribution in [0.25, 0.3) is 0 Å². The van der Waals surface area contributed by atoms with Gasteiger partial charge < -0.3 is 11.1 Å². The Hall–Kier alpha value is -0.620. The first-order valence-corrected chi connectivity index (χ1v) is 6.01. The number of hydrogen-bond acceptors (Lipinski definition) is 4. The molecule has 0 fully saturated rings. The summed E-state index contributed by atoms with van der Waals surface area (Å²) in [5.74, 6) is -0.265. The van der Waals surface area contributed by atoms with Crippen molar-refractivity contribution < 1.29 is 13.2 Å². The summed E-state index contributed by atoms with van der Waals surface area (Å²) in [5, 5.41) is 2.50. The summed E-state index contributed by atoms with van der Waals surface area (Å²) in [6.45, 7) is 2.32. The van der Waals surface area contributed by atoms with E-state index in [1.54, 1.807) is 6.92 Å². The van der Waals surface area contributed by atoms with E-state index in [4.69, 9.17) is 5.73 Å². The molecular weight excluding hydrogens is 192 g/mol. The largest absolute Gasteiger partial charge is 0.355 e. The van der Waals surface area contributed by atoms with Crippen LogP contribution in [0.3, 0.4) is 0 Å². The highest BCUT2D eigenvalue weighted by molar-refractivity contribution is 7.91. The smallest absolute Gasteiger partial charge is 0.221 e. The van der Waals surface area contributed by atoms with Crippen molar-refractivity contribution in [2.45, 2.75) is 13.3 Å². The molecule has 5 nitrogen and oxygen atoms in total. The first-order valence-electron chi connectivity index (χ1n) is 4.19. The minimum Gasteiger partial charge on any atom is -0.355 e. The lowest BCUT2D eigenvalue weighted by Gasteiger charge is -2.02. The first kappa shape index (κ1) is 12.4. The van der Waals surface area contributed by atoms with E-state index in [0.717, 1.165) is 0 Å². The van der Waals surface area contributed by atoms with E-state index >= 15 is 0 Å². The Morgan fingerprint density at radius 3 is 2.54 bits per heavy atom. The fourth-order valence-electron chi connectivity index (χ4n) is 0.693. The van der Waals surface area contributed by atoms with Gasteiger partial charge in [-0.2, -0.15) is 0 Å². The standard InChI is InChI=1S/C7H16N2O3S/c1-2-13(11,12)6-3-7(10)9-5-4-8/h2-6,8H2,1H3,(H,9,10). The van der Waals surface area contributed by atoms with Gasteiger partial charge in [0.2, 0.25) is 5.91 Å². The minimum absolute atomic E-state index is 0.0240. The number of rotatable bonds is 6. The van der Waals surface area contributed by atoms with Gasteiger partial charge in [0.1, 0.15) is 0 Å². The van der Waals surface area contributed by atoms with E-state index in [1.165, 1.54) is 0 Å². The molecule has 0 aromatic carbocycles. The van der Waals surface area contributed by atoms with Crippen LogP contribution < -0.4 is 11.1 Å². The van der Waals surface area contributed by atoms with E-state index < -0.39 is 9.84 Å². The molecule has 0 heterocycles. The molecule has 0 saturated heterocycles. The molecule has 0 aromatic rings. The van der Waals surface area contributed by atoms with Crippen molar-refractivity contribution in [3.05, 3.63) is 0 Å². The third kappa shape index (κ3) is 6.53. The van der Waals surface area contributed by atoms with Crippen molar-refractivity contribution in [3.8, 4) is 0 Å². The first-order chi connectivity index (χ1) is 6.02. The fourth-order valence-corrected chi connectivity index (χ4v) is 1.48. The Morgan fingerprint density at radius 2 is 2.08 bits per heavy atom. The van der Waals surface area contributed by atoms with Crippen LogP contribution in [-0.4, -0.2) is 38.9 Å². The minimum atomic E-state index is -3.03. The number of carbonyl (C=O) groups excluding carboxylic acids is 1. The molecule has 13 heavy (non-hydrogen) atoms. The number of nitrogens with two attached hydrogens (primary N) is 1. The zero-order chi connectivity index (χ0) is 10.3. The number of sulfone groups is 1. The Bertz CT molecular complexity index is 248. The van der Waals surface area contributed by atoms with Gasteiger partial charge >= 0.3 is 0 Å². The Kier molecular flexibility index (Phi) is 5.65. The molecule has 3 N–H and O–H groups in total. The topological polar surface area (TPSA) is 89.3 Å². The lowest BCUT2D eigenvalue weighted by Crippen LogP contribution is -2.30. The van der Waals surface area contributed by atoms with Gasteiger partial charge in [-0.1, -0.05) is 6.92 Å². The summed E-state index contributed by atoms with van der Waals surface area (Å²) in [6.07, 6.45) is 0.0240. The SMILES string of the molecule is CCS(=O)(=O)CCC(=O)NCCN. The molecule has 0 radical (unpaired) electrons. The van der Waals surface area contributed by atoms with Crippen LogP contribution in [0.2, 0.25) is 0 Å². The molecule has 0 aliphatic heterocycles. The molecule has 0 spiro atoms. The highest BCUT2D eigenvalue weighted by atomic mass is 32.2. The second kappa shape index (κ2) is 5.93. The molecule has 0 rings (SSSR count). The third-order valence-electron chi connectivity index (χ3n) is 1.55. The number of amides is 1. The Balaban J connectivity index is 3.71. The van der Waals surface area contributed by atoms with Crippen molar-refractivity contribution in [1.82, 2.24) is 5.32 Å². The maximum absolute atomic E-state index is 11.0. The van der Waals surface area contributed by atoms with Gasteiger partial charge in [-0.25, -0.2) is 8.42 Å². The lowest BCUT2D eigenvalue weighted by molar-refractivity contribution is -0.120. The van der Waals surface area contributed by atoms with E-state index in [0.29, 0.717) is 13.1 Å². The fraction of sp³-hybridized carbons (Fsp3) is 0.857. The maximum atomic E-state index is 11.0. The van der Waals surface area contributed by atoms with Crippen LogP contribution in [0.1, 0.15) is 13.3 Å². The Morgan fingerprint density at radius 1 is 1.46 bits per heavy atom. The molecule has 0 aliphatic rings. The van der Waals surface area contributed by atoms with Crippen molar-refractivity contribution in [2.24, 2.45) is 5.73 Å². The number of carbonyl (C=O) groups is 1. The number of nitrogens with one attached hydrogen (secondary N) is 1. The summed E-state index contributed by atoms with van der Waals surface area (Å²) in [7, 11) is -3.03. The highest BCUT2D eigenvalue weighted by Crippen LogP contribution is 1.92. The normalized spacial score (nSPS) is 11.2. The van der Waals surface area contributed by atoms with Crippen LogP contribution >= 0.6 is 0 Å². The van der Waals surface area contributed by atoms with Gasteiger partial charge in [-0.3, -0.25) is 4.79 Å². The average molecular weight is 208 g/mol. The van der Waals surface area contributed by atoms with Gasteiger partial charge in [0.05, 0.1) is 5.75 Å². The monoisotopic (exact) mass is 208 g/mol. The lowest BCUT2D eigenvalue weighted by atomic mass is 10.4. The molecular formula is C7H16N2O3S. The van der Waals surface area contributed by atoms with E-state index in [1.807, 2.05) is 0 Å². The van der Waals surface area contributed by atoms with Crippen LogP contribution in [0, 0.1) is 0 Å². The van der Waals surface area contributed by atoms with Gasteiger partial charge in [-0.15, -0.1) is 0 Å². The molecule has 0 bridgehead atoms. The highest BCUT2D eigenvalue weighted by Gasteiger charge is 2.10. The summed E-state index contributed by atoms with van der Waals surface area (Å²) in [4.78, 5) is 10.9. The molecule has 0 unspecified atom stereocenters. The van der Waals surface area contributed by atoms with Crippen LogP contribution in [0.5, 0.6) is 0 Å². The van der Waals surface area contributed by atoms with Crippen LogP contribution in [0.15, 0.2) is 0 Å². The molecule has 0 aliphatic carbocycles. The Labute approximate surface area is 78.6 Å². The van der Waals surface area contributed by atoms with E-state index in [2.05, 4.69) is 5.32 Å². The summed E-state index contributed by atoms with van der Waals surface area (Å²) < 4.78 is 21.9. The second-order valence-corrected chi connectivity index (χ2v) is 5.10. The van der Waals surface area contributed by atoms with Crippen molar-refractivity contribution in [2.75, 3.05) is 24.6 Å². The summed E-state index contributed by atoms with van der Waals surface area (Å²) in [6, 6.07) is 0. The molecule has 1 amide bonds. The maximum Gasteiger partial charge on any atom is 0.221 e. The van der Waals surface area contributed by atoms with Crippen LogP contribution in [-0.2, 0) is 14.6 Å². The molecule has 0 atom stereocenters. The summed E-state index contributed by atoms with van der Waals surface area (Å²) >= 11 is 0. The van der Waals surface area contributed by atoms with Gasteiger partial charge in [-0.05, 0) is 0 Å². The van der Waals surface area contributed by atoms with E-state index in [9.17, 15) is 13.2 Å². The van der Waals surface area contributed by atoms with Crippen molar-refractivity contribution in [1.29, 1.82) is 0 Å². The van der Waals surface area contributed by atoms with Gasteiger partial charge in [0.15, 0.2) is 9.84 Å².